The Hall–Kier alpha value is -1.67. The molecular formula is C14H28N4O4. The molecule has 0 fully saturated rings. The molecule has 0 heterocycles. The number of carbonyl (C=O) groups excluding carboxylic acids is 3. The maximum Gasteiger partial charge on any atom is 0.242 e. The van der Waals surface area contributed by atoms with Crippen LogP contribution in [-0.4, -0.2) is 48.1 Å². The second kappa shape index (κ2) is 11.9. The van der Waals surface area contributed by atoms with E-state index in [4.69, 9.17) is 16.6 Å². The first kappa shape index (κ1) is 20.3. The van der Waals surface area contributed by atoms with Gasteiger partial charge < -0.3 is 27.2 Å². The molecule has 0 aliphatic heterocycles. The van der Waals surface area contributed by atoms with Gasteiger partial charge in [0.25, 0.3) is 0 Å². The van der Waals surface area contributed by atoms with Crippen molar-refractivity contribution in [2.24, 2.45) is 11.5 Å². The molecule has 0 radical (unpaired) electrons. The molecule has 7 N–H and O–H groups in total. The number of hydrogen-bond donors (Lipinski definition) is 5. The lowest BCUT2D eigenvalue weighted by molar-refractivity contribution is -0.130. The molecule has 22 heavy (non-hydrogen) atoms. The molecule has 0 aromatic heterocycles. The molecule has 0 aromatic rings. The molecule has 0 aromatic carbocycles. The highest BCUT2D eigenvalue weighted by Gasteiger charge is 2.22. The van der Waals surface area contributed by atoms with Crippen LogP contribution in [0.15, 0.2) is 0 Å². The number of nitrogens with one attached hydrogen (secondary N) is 2. The Morgan fingerprint density at radius 3 is 2.27 bits per heavy atom. The maximum atomic E-state index is 12.0. The van der Waals surface area contributed by atoms with Crippen molar-refractivity contribution in [1.82, 2.24) is 10.6 Å². The fraction of sp³-hybridized carbons (Fsp3) is 0.786. The van der Waals surface area contributed by atoms with Gasteiger partial charge in [-0.15, -0.1) is 0 Å². The van der Waals surface area contributed by atoms with Gasteiger partial charge in [-0.25, -0.2) is 0 Å². The minimum Gasteiger partial charge on any atom is -0.396 e. The van der Waals surface area contributed by atoms with E-state index in [1.54, 1.807) is 0 Å². The number of rotatable bonds is 12. The molecule has 3 amide bonds. The number of nitrogens with two attached hydrogens (primary N) is 2. The van der Waals surface area contributed by atoms with E-state index in [-0.39, 0.29) is 25.4 Å². The van der Waals surface area contributed by atoms with Gasteiger partial charge in [0.2, 0.25) is 17.7 Å². The number of aliphatic hydroxyl groups excluding tert-OH is 1. The largest absolute Gasteiger partial charge is 0.396 e. The summed E-state index contributed by atoms with van der Waals surface area (Å²) in [6.45, 7) is 2.16. The van der Waals surface area contributed by atoms with Crippen LogP contribution in [-0.2, 0) is 14.4 Å². The predicted octanol–water partition coefficient (Wildman–Crippen LogP) is -1.25. The molecule has 2 atom stereocenters. The number of aliphatic hydroxyl groups is 1. The van der Waals surface area contributed by atoms with E-state index < -0.39 is 23.9 Å². The second-order valence-corrected chi connectivity index (χ2v) is 5.28. The molecule has 8 nitrogen and oxygen atoms in total. The molecule has 128 valence electrons. The third-order valence-corrected chi connectivity index (χ3v) is 3.11. The van der Waals surface area contributed by atoms with E-state index in [1.807, 2.05) is 0 Å². The third-order valence-electron chi connectivity index (χ3n) is 3.11. The van der Waals surface area contributed by atoms with Gasteiger partial charge in [0.15, 0.2) is 0 Å². The van der Waals surface area contributed by atoms with Gasteiger partial charge in [-0.3, -0.25) is 14.4 Å². The van der Waals surface area contributed by atoms with Crippen molar-refractivity contribution < 1.29 is 19.5 Å². The highest BCUT2D eigenvalue weighted by molar-refractivity contribution is 5.89. The topological polar surface area (TPSA) is 148 Å². The predicted molar refractivity (Wildman–Crippen MR) is 82.6 cm³/mol. The molecule has 0 aliphatic rings. The van der Waals surface area contributed by atoms with Crippen LogP contribution >= 0.6 is 0 Å². The van der Waals surface area contributed by atoms with E-state index in [2.05, 4.69) is 10.6 Å². The van der Waals surface area contributed by atoms with Crippen LogP contribution in [0.25, 0.3) is 0 Å². The van der Waals surface area contributed by atoms with Crippen LogP contribution in [0.2, 0.25) is 0 Å². The average molecular weight is 316 g/mol. The van der Waals surface area contributed by atoms with Gasteiger partial charge in [0.05, 0.1) is 6.04 Å². The summed E-state index contributed by atoms with van der Waals surface area (Å²) in [7, 11) is 0. The summed E-state index contributed by atoms with van der Waals surface area (Å²) in [6, 6.07) is -1.55. The number of unbranched alkanes of at least 4 members (excludes halogenated alkanes) is 3. The summed E-state index contributed by atoms with van der Waals surface area (Å²) in [6.07, 6.45) is 3.49. The van der Waals surface area contributed by atoms with Crippen LogP contribution in [0.3, 0.4) is 0 Å². The Bertz CT molecular complexity index is 361. The zero-order valence-corrected chi connectivity index (χ0v) is 13.1. The number of amides is 3. The first-order chi connectivity index (χ1) is 10.4. The minimum atomic E-state index is -0.816. The lowest BCUT2D eigenvalue weighted by Crippen LogP contribution is -2.51. The molecule has 0 unspecified atom stereocenters. The molecule has 0 aliphatic carbocycles. The van der Waals surface area contributed by atoms with Crippen LogP contribution in [0.5, 0.6) is 0 Å². The SMILES string of the molecule is C[C@H](N)C(=O)N[C@H](CCC(N)=O)C(=O)NCCCCCCO. The Balaban J connectivity index is 4.24. The van der Waals surface area contributed by atoms with Crippen molar-refractivity contribution in [3.8, 4) is 0 Å². The summed E-state index contributed by atoms with van der Waals surface area (Å²) in [4.78, 5) is 34.5. The van der Waals surface area contributed by atoms with Crippen molar-refractivity contribution >= 4 is 17.7 Å². The lowest BCUT2D eigenvalue weighted by atomic mass is 10.1. The zero-order chi connectivity index (χ0) is 17.0. The molecular weight excluding hydrogens is 288 g/mol. The monoisotopic (exact) mass is 316 g/mol. The molecule has 0 spiro atoms. The number of hydrogen-bond acceptors (Lipinski definition) is 5. The fourth-order valence-corrected chi connectivity index (χ4v) is 1.78. The zero-order valence-electron chi connectivity index (χ0n) is 13.1. The number of carbonyl (C=O) groups is 3. The highest BCUT2D eigenvalue weighted by atomic mass is 16.3. The highest BCUT2D eigenvalue weighted by Crippen LogP contribution is 2.00. The normalized spacial score (nSPS) is 13.2. The summed E-state index contributed by atoms with van der Waals surface area (Å²) in [5, 5.41) is 13.9. The summed E-state index contributed by atoms with van der Waals surface area (Å²) < 4.78 is 0. The summed E-state index contributed by atoms with van der Waals surface area (Å²) >= 11 is 0. The van der Waals surface area contributed by atoms with Crippen LogP contribution in [0, 0.1) is 0 Å². The van der Waals surface area contributed by atoms with Crippen LogP contribution in [0.1, 0.15) is 45.4 Å². The molecule has 0 saturated heterocycles. The Labute approximate surface area is 131 Å². The van der Waals surface area contributed by atoms with Crippen molar-refractivity contribution in [3.63, 3.8) is 0 Å². The molecule has 0 rings (SSSR count). The first-order valence-electron chi connectivity index (χ1n) is 7.61. The van der Waals surface area contributed by atoms with Crippen molar-refractivity contribution in [1.29, 1.82) is 0 Å². The van der Waals surface area contributed by atoms with E-state index in [9.17, 15) is 14.4 Å². The van der Waals surface area contributed by atoms with Crippen molar-refractivity contribution in [2.75, 3.05) is 13.2 Å². The first-order valence-corrected chi connectivity index (χ1v) is 7.61. The average Bonchev–Trinajstić information content (AvgIpc) is 2.46. The maximum absolute atomic E-state index is 12.0. The molecule has 0 saturated carbocycles. The second-order valence-electron chi connectivity index (χ2n) is 5.28. The summed E-state index contributed by atoms with van der Waals surface area (Å²) in [5.74, 6) is -1.33. The number of primary amides is 1. The van der Waals surface area contributed by atoms with E-state index >= 15 is 0 Å². The quantitative estimate of drug-likeness (QED) is 0.285. The van der Waals surface area contributed by atoms with Gasteiger partial charge in [0.1, 0.15) is 6.04 Å². The van der Waals surface area contributed by atoms with Crippen molar-refractivity contribution in [2.45, 2.75) is 57.5 Å². The van der Waals surface area contributed by atoms with Crippen LogP contribution < -0.4 is 22.1 Å². The van der Waals surface area contributed by atoms with Gasteiger partial charge in [0, 0.05) is 19.6 Å². The summed E-state index contributed by atoms with van der Waals surface area (Å²) in [5.41, 5.74) is 10.5. The minimum absolute atomic E-state index is 0.00776. The third kappa shape index (κ3) is 10.1. The van der Waals surface area contributed by atoms with Gasteiger partial charge in [-0.1, -0.05) is 12.8 Å². The lowest BCUT2D eigenvalue weighted by Gasteiger charge is -2.19. The van der Waals surface area contributed by atoms with Crippen LogP contribution in [0.4, 0.5) is 0 Å². The van der Waals surface area contributed by atoms with Gasteiger partial charge in [-0.2, -0.15) is 0 Å². The van der Waals surface area contributed by atoms with E-state index in [1.165, 1.54) is 6.92 Å². The Morgan fingerprint density at radius 1 is 1.09 bits per heavy atom. The molecule has 8 heteroatoms. The Kier molecular flexibility index (Phi) is 11.0. The fourth-order valence-electron chi connectivity index (χ4n) is 1.78. The van der Waals surface area contributed by atoms with E-state index in [0.717, 1.165) is 25.7 Å². The standard InChI is InChI=1S/C14H28N4O4/c1-10(15)13(21)18-11(6-7-12(16)20)14(22)17-8-4-2-3-5-9-19/h10-11,19H,2-9,15H2,1H3,(H2,16,20)(H,17,22)(H,18,21)/t10-,11+/m0/s1. The van der Waals surface area contributed by atoms with Gasteiger partial charge in [-0.05, 0) is 26.2 Å². The smallest absolute Gasteiger partial charge is 0.242 e. The van der Waals surface area contributed by atoms with E-state index in [0.29, 0.717) is 6.54 Å². The van der Waals surface area contributed by atoms with Crippen molar-refractivity contribution in [3.05, 3.63) is 0 Å². The van der Waals surface area contributed by atoms with Gasteiger partial charge >= 0.3 is 0 Å². The Morgan fingerprint density at radius 2 is 1.73 bits per heavy atom. The molecule has 0 bridgehead atoms.